The maximum atomic E-state index is 12.5. The van der Waals surface area contributed by atoms with Crippen LogP contribution in [0.2, 0.25) is 0 Å². The van der Waals surface area contributed by atoms with E-state index in [1.807, 2.05) is 48.5 Å². The van der Waals surface area contributed by atoms with Gasteiger partial charge in [0.15, 0.2) is 0 Å². The molecular formula is C18H20N2O3S2. The Hall–Kier alpha value is -1.96. The molecule has 2 rings (SSSR count). The molecule has 0 aromatic heterocycles. The van der Waals surface area contributed by atoms with Crippen molar-refractivity contribution in [3.05, 3.63) is 60.2 Å². The summed E-state index contributed by atoms with van der Waals surface area (Å²) in [5, 5.41) is 2.87. The van der Waals surface area contributed by atoms with E-state index in [9.17, 15) is 9.59 Å². The standard InChI is InChI=1S/C18H20N2O3S2/c1-2-23-18(22)15(19)12-24-25-16-11-7-6-10-14(16)17(21)20-13-8-4-3-5-9-13/h3-11,15H,2,12,19H2,1H3,(H,20,21). The Morgan fingerprint density at radius 1 is 1.12 bits per heavy atom. The first kappa shape index (κ1) is 19.4. The molecule has 0 saturated carbocycles. The van der Waals surface area contributed by atoms with Gasteiger partial charge in [-0.05, 0) is 31.2 Å². The highest BCUT2D eigenvalue weighted by molar-refractivity contribution is 8.76. The lowest BCUT2D eigenvalue weighted by Crippen LogP contribution is -2.34. The van der Waals surface area contributed by atoms with Crippen molar-refractivity contribution in [2.24, 2.45) is 5.73 Å². The fourth-order valence-electron chi connectivity index (χ4n) is 1.93. The minimum Gasteiger partial charge on any atom is -0.465 e. The molecule has 3 N–H and O–H groups in total. The summed E-state index contributed by atoms with van der Waals surface area (Å²) in [5.74, 6) is -0.187. The molecular weight excluding hydrogens is 356 g/mol. The first-order valence-electron chi connectivity index (χ1n) is 7.79. The van der Waals surface area contributed by atoms with E-state index in [4.69, 9.17) is 10.5 Å². The van der Waals surface area contributed by atoms with Gasteiger partial charge in [-0.25, -0.2) is 0 Å². The van der Waals surface area contributed by atoms with Crippen LogP contribution in [-0.4, -0.2) is 30.3 Å². The number of hydrogen-bond acceptors (Lipinski definition) is 6. The van der Waals surface area contributed by atoms with Crippen LogP contribution in [0.25, 0.3) is 0 Å². The van der Waals surface area contributed by atoms with Crippen LogP contribution in [0.4, 0.5) is 5.69 Å². The highest BCUT2D eigenvalue weighted by Crippen LogP contribution is 2.34. The van der Waals surface area contributed by atoms with Crippen molar-refractivity contribution < 1.29 is 14.3 Å². The summed E-state index contributed by atoms with van der Waals surface area (Å²) in [6, 6.07) is 15.9. The quantitative estimate of drug-likeness (QED) is 0.541. The summed E-state index contributed by atoms with van der Waals surface area (Å²) >= 11 is 0. The number of carbonyl (C=O) groups excluding carboxylic acids is 2. The summed E-state index contributed by atoms with van der Waals surface area (Å²) in [7, 11) is 2.84. The van der Waals surface area contributed by atoms with Gasteiger partial charge in [-0.2, -0.15) is 0 Å². The van der Waals surface area contributed by atoms with Gasteiger partial charge in [-0.15, -0.1) is 0 Å². The lowest BCUT2D eigenvalue weighted by atomic mass is 10.2. The van der Waals surface area contributed by atoms with E-state index in [1.54, 1.807) is 13.0 Å². The van der Waals surface area contributed by atoms with Crippen molar-refractivity contribution >= 4 is 39.2 Å². The maximum Gasteiger partial charge on any atom is 0.323 e. The Labute approximate surface area is 155 Å². The molecule has 132 valence electrons. The summed E-state index contributed by atoms with van der Waals surface area (Å²) in [6.07, 6.45) is 0. The van der Waals surface area contributed by atoms with Crippen molar-refractivity contribution in [3.63, 3.8) is 0 Å². The Balaban J connectivity index is 1.96. The van der Waals surface area contributed by atoms with Crippen LogP contribution >= 0.6 is 21.6 Å². The first-order chi connectivity index (χ1) is 12.1. The Bertz CT molecular complexity index is 710. The van der Waals surface area contributed by atoms with Crippen molar-refractivity contribution in [2.75, 3.05) is 17.7 Å². The second-order valence-electron chi connectivity index (χ2n) is 5.04. The smallest absolute Gasteiger partial charge is 0.323 e. The molecule has 0 heterocycles. The van der Waals surface area contributed by atoms with Crippen molar-refractivity contribution in [1.82, 2.24) is 0 Å². The fourth-order valence-corrected chi connectivity index (χ4v) is 4.26. The van der Waals surface area contributed by atoms with Crippen LogP contribution in [0.3, 0.4) is 0 Å². The molecule has 0 bridgehead atoms. The van der Waals surface area contributed by atoms with Gasteiger partial charge >= 0.3 is 5.97 Å². The Kier molecular flexibility index (Phi) is 7.84. The van der Waals surface area contributed by atoms with Crippen LogP contribution in [0, 0.1) is 0 Å². The van der Waals surface area contributed by atoms with Gasteiger partial charge in [0.2, 0.25) is 0 Å². The number of anilines is 1. The van der Waals surface area contributed by atoms with Crippen molar-refractivity contribution in [3.8, 4) is 0 Å². The average Bonchev–Trinajstić information content (AvgIpc) is 2.63. The van der Waals surface area contributed by atoms with E-state index in [1.165, 1.54) is 21.6 Å². The number of ether oxygens (including phenoxy) is 1. The lowest BCUT2D eigenvalue weighted by Gasteiger charge is -2.11. The predicted molar refractivity (Wildman–Crippen MR) is 104 cm³/mol. The summed E-state index contributed by atoms with van der Waals surface area (Å²) in [5.41, 5.74) is 7.10. The van der Waals surface area contributed by atoms with E-state index >= 15 is 0 Å². The summed E-state index contributed by atoms with van der Waals surface area (Å²) in [6.45, 7) is 2.06. The van der Waals surface area contributed by atoms with E-state index in [-0.39, 0.29) is 5.91 Å². The van der Waals surface area contributed by atoms with Crippen LogP contribution in [0.5, 0.6) is 0 Å². The molecule has 1 amide bonds. The van der Waals surface area contributed by atoms with Gasteiger partial charge in [-0.1, -0.05) is 51.9 Å². The number of rotatable bonds is 8. The first-order valence-corrected chi connectivity index (χ1v) is 10.1. The Morgan fingerprint density at radius 2 is 1.80 bits per heavy atom. The number of hydrogen-bond donors (Lipinski definition) is 2. The molecule has 7 heteroatoms. The summed E-state index contributed by atoms with van der Waals surface area (Å²) < 4.78 is 4.88. The largest absolute Gasteiger partial charge is 0.465 e. The number of nitrogens with one attached hydrogen (secondary N) is 1. The molecule has 0 aliphatic carbocycles. The van der Waals surface area contributed by atoms with Crippen molar-refractivity contribution in [2.45, 2.75) is 17.9 Å². The van der Waals surface area contributed by atoms with E-state index in [2.05, 4.69) is 5.32 Å². The van der Waals surface area contributed by atoms with Crippen LogP contribution in [0.15, 0.2) is 59.5 Å². The van der Waals surface area contributed by atoms with Gasteiger partial charge in [0, 0.05) is 16.3 Å². The number of esters is 1. The van der Waals surface area contributed by atoms with Gasteiger partial charge in [0.05, 0.1) is 12.2 Å². The molecule has 0 aliphatic rings. The zero-order valence-corrected chi connectivity index (χ0v) is 15.4. The molecule has 2 aromatic carbocycles. The van der Waals surface area contributed by atoms with E-state index in [0.717, 1.165) is 10.6 Å². The topological polar surface area (TPSA) is 81.4 Å². The average molecular weight is 377 g/mol. The monoisotopic (exact) mass is 376 g/mol. The van der Waals surface area contributed by atoms with Crippen LogP contribution < -0.4 is 11.1 Å². The molecule has 0 spiro atoms. The Morgan fingerprint density at radius 3 is 2.52 bits per heavy atom. The number of para-hydroxylation sites is 1. The molecule has 0 fully saturated rings. The zero-order valence-electron chi connectivity index (χ0n) is 13.8. The molecule has 0 saturated heterocycles. The van der Waals surface area contributed by atoms with Crippen molar-refractivity contribution in [1.29, 1.82) is 0 Å². The van der Waals surface area contributed by atoms with Gasteiger partial charge in [0.25, 0.3) is 5.91 Å². The minimum absolute atomic E-state index is 0.176. The third-order valence-electron chi connectivity index (χ3n) is 3.15. The normalized spacial score (nSPS) is 11.6. The number of benzene rings is 2. The lowest BCUT2D eigenvalue weighted by molar-refractivity contribution is -0.144. The highest BCUT2D eigenvalue weighted by atomic mass is 33.1. The number of nitrogens with two attached hydrogens (primary N) is 1. The number of amides is 1. The fraction of sp³-hybridized carbons (Fsp3) is 0.222. The zero-order chi connectivity index (χ0) is 18.1. The third-order valence-corrected chi connectivity index (χ3v) is 5.60. The SMILES string of the molecule is CCOC(=O)C(N)CSSc1ccccc1C(=O)Nc1ccccc1. The van der Waals surface area contributed by atoms with E-state index in [0.29, 0.717) is 17.9 Å². The second-order valence-corrected chi connectivity index (χ2v) is 7.43. The molecule has 5 nitrogen and oxygen atoms in total. The molecule has 1 atom stereocenters. The molecule has 0 radical (unpaired) electrons. The van der Waals surface area contributed by atoms with Gasteiger partial charge in [0.1, 0.15) is 6.04 Å². The van der Waals surface area contributed by atoms with Gasteiger partial charge in [-0.3, -0.25) is 9.59 Å². The third kappa shape index (κ3) is 6.12. The molecule has 2 aromatic rings. The minimum atomic E-state index is -0.678. The summed E-state index contributed by atoms with van der Waals surface area (Å²) in [4.78, 5) is 24.8. The van der Waals surface area contributed by atoms with Crippen LogP contribution in [0.1, 0.15) is 17.3 Å². The molecule has 0 aliphatic heterocycles. The van der Waals surface area contributed by atoms with Crippen LogP contribution in [-0.2, 0) is 9.53 Å². The van der Waals surface area contributed by atoms with Gasteiger partial charge < -0.3 is 15.8 Å². The maximum absolute atomic E-state index is 12.5. The number of carbonyl (C=O) groups is 2. The van der Waals surface area contributed by atoms with E-state index < -0.39 is 12.0 Å². The molecule has 1 unspecified atom stereocenters. The second kappa shape index (κ2) is 10.1. The predicted octanol–water partition coefficient (Wildman–Crippen LogP) is 3.57. The molecule has 25 heavy (non-hydrogen) atoms. The highest BCUT2D eigenvalue weighted by Gasteiger charge is 2.16.